The number of allylic oxidation sites excluding steroid dienone is 2. The molecule has 1 atom stereocenters. The molecule has 2 rings (SSSR count). The van der Waals surface area contributed by atoms with Gasteiger partial charge in [-0.3, -0.25) is 0 Å². The van der Waals surface area contributed by atoms with Crippen molar-refractivity contribution in [2.75, 3.05) is 0 Å². The van der Waals surface area contributed by atoms with Gasteiger partial charge >= 0.3 is 0 Å². The lowest BCUT2D eigenvalue weighted by atomic mass is 9.89. The quantitative estimate of drug-likeness (QED) is 0.288. The van der Waals surface area contributed by atoms with Gasteiger partial charge in [-0.15, -0.1) is 0 Å². The van der Waals surface area contributed by atoms with Crippen LogP contribution in [0, 0.1) is 0 Å². The molecule has 0 radical (unpaired) electrons. The lowest BCUT2D eigenvalue weighted by molar-refractivity contribution is 0.645. The molecule has 0 heterocycles. The topological polar surface area (TPSA) is 0 Å². The first kappa shape index (κ1) is 16.2. The molecule has 18 heavy (non-hydrogen) atoms. The molecule has 0 fully saturated rings. The Balaban J connectivity index is 2.47. The van der Waals surface area contributed by atoms with E-state index in [2.05, 4.69) is 120 Å². The van der Waals surface area contributed by atoms with E-state index in [1.165, 1.54) is 5.56 Å². The lowest BCUT2D eigenvalue weighted by Gasteiger charge is -2.39. The van der Waals surface area contributed by atoms with Gasteiger partial charge in [0.1, 0.15) is 3.23 Å². The third-order valence-corrected chi connectivity index (χ3v) is 8.24. The molecule has 0 aliphatic heterocycles. The number of rotatable bonds is 1. The highest BCUT2D eigenvalue weighted by molar-refractivity contribution is 9.27. The van der Waals surface area contributed by atoms with Gasteiger partial charge in [0, 0.05) is 21.3 Å². The van der Waals surface area contributed by atoms with Crippen molar-refractivity contribution in [3.05, 3.63) is 44.9 Å². The van der Waals surface area contributed by atoms with Crippen molar-refractivity contribution < 1.29 is 0 Å². The van der Waals surface area contributed by atoms with E-state index < -0.39 is 0 Å². The Hall–Kier alpha value is 1.84. The van der Waals surface area contributed by atoms with Gasteiger partial charge in [-0.05, 0) is 17.7 Å². The molecule has 98 valence electrons. The van der Waals surface area contributed by atoms with E-state index in [4.69, 9.17) is 0 Å². The Labute approximate surface area is 157 Å². The molecule has 1 unspecified atom stereocenters. The van der Waals surface area contributed by atoms with Crippen LogP contribution in [-0.4, -0.2) is 6.47 Å². The summed E-state index contributed by atoms with van der Waals surface area (Å²) in [4.78, 5) is 0. The zero-order valence-corrected chi connectivity index (χ0v) is 18.5. The Morgan fingerprint density at radius 1 is 1.06 bits per heavy atom. The van der Waals surface area contributed by atoms with Gasteiger partial charge in [0.2, 0.25) is 0 Å². The standard InChI is InChI=1S/C12H8Br6/c13-8-3-1-2-7(4-8)9-5-10(14)12(17,18)6-11(9,15)16/h1-5,9H,6H2. The molecule has 1 aromatic rings. The van der Waals surface area contributed by atoms with E-state index in [0.717, 1.165) is 15.4 Å². The van der Waals surface area contributed by atoms with Crippen molar-refractivity contribution in [1.29, 1.82) is 0 Å². The van der Waals surface area contributed by atoms with Crippen LogP contribution >= 0.6 is 95.6 Å². The molecule has 0 spiro atoms. The van der Waals surface area contributed by atoms with Gasteiger partial charge in [0.15, 0.2) is 0 Å². The number of hydrogen-bond acceptors (Lipinski definition) is 0. The summed E-state index contributed by atoms with van der Waals surface area (Å²) < 4.78 is 1.78. The first-order valence-corrected chi connectivity index (χ1v) is 9.87. The summed E-state index contributed by atoms with van der Waals surface area (Å²) >= 11 is 22.1. The predicted octanol–water partition coefficient (Wildman–Crippen LogP) is 7.19. The molecular formula is C12H8Br6. The SMILES string of the molecule is BrC1=CC(c2cccc(Br)c2)C(Br)(Br)CC1(Br)Br. The second-order valence-corrected chi connectivity index (χ2v) is 13.6. The van der Waals surface area contributed by atoms with Crippen molar-refractivity contribution in [3.8, 4) is 0 Å². The third kappa shape index (κ3) is 3.53. The van der Waals surface area contributed by atoms with Gasteiger partial charge in [0.05, 0.1) is 3.23 Å². The number of alkyl halides is 4. The van der Waals surface area contributed by atoms with Crippen LogP contribution in [0.3, 0.4) is 0 Å². The van der Waals surface area contributed by atoms with Crippen LogP contribution in [0.1, 0.15) is 17.9 Å². The van der Waals surface area contributed by atoms with Crippen LogP contribution < -0.4 is 0 Å². The first-order valence-electron chi connectivity index (χ1n) is 5.11. The van der Waals surface area contributed by atoms with E-state index in [-0.39, 0.29) is 12.4 Å². The fourth-order valence-corrected chi connectivity index (χ4v) is 7.03. The van der Waals surface area contributed by atoms with Crippen LogP contribution in [-0.2, 0) is 0 Å². The normalized spacial score (nSPS) is 25.7. The van der Waals surface area contributed by atoms with E-state index in [1.807, 2.05) is 6.07 Å². The second kappa shape index (κ2) is 5.91. The second-order valence-electron chi connectivity index (χ2n) is 4.19. The predicted molar refractivity (Wildman–Crippen MR) is 99.7 cm³/mol. The smallest absolute Gasteiger partial charge is 0.0716 e. The average Bonchev–Trinajstić information content (AvgIpc) is 2.22. The fraction of sp³-hybridized carbons (Fsp3) is 0.333. The fourth-order valence-electron chi connectivity index (χ4n) is 1.92. The van der Waals surface area contributed by atoms with Crippen LogP contribution in [0.5, 0.6) is 0 Å². The summed E-state index contributed by atoms with van der Waals surface area (Å²) in [5.41, 5.74) is 1.26. The molecule has 0 amide bonds. The Kier molecular flexibility index (Phi) is 5.33. The van der Waals surface area contributed by atoms with Crippen molar-refractivity contribution >= 4 is 95.6 Å². The molecule has 0 nitrogen and oxygen atoms in total. The van der Waals surface area contributed by atoms with Crippen LogP contribution in [0.4, 0.5) is 0 Å². The van der Waals surface area contributed by atoms with Gasteiger partial charge in [0.25, 0.3) is 0 Å². The summed E-state index contributed by atoms with van der Waals surface area (Å²) in [6.45, 7) is 0. The molecule has 1 aliphatic rings. The molecule has 6 heteroatoms. The minimum Gasteiger partial charge on any atom is -0.0716 e. The van der Waals surface area contributed by atoms with E-state index in [1.54, 1.807) is 0 Å². The monoisotopic (exact) mass is 626 g/mol. The summed E-state index contributed by atoms with van der Waals surface area (Å²) in [5.74, 6) is 0.243. The summed E-state index contributed by atoms with van der Waals surface area (Å²) in [6.07, 6.45) is 3.06. The molecule has 0 N–H and O–H groups in total. The van der Waals surface area contributed by atoms with Crippen LogP contribution in [0.25, 0.3) is 0 Å². The Morgan fingerprint density at radius 3 is 2.33 bits per heavy atom. The van der Waals surface area contributed by atoms with Gasteiger partial charge in [-0.2, -0.15) is 0 Å². The maximum atomic E-state index is 3.80. The van der Waals surface area contributed by atoms with Crippen LogP contribution in [0.15, 0.2) is 39.3 Å². The average molecular weight is 632 g/mol. The lowest BCUT2D eigenvalue weighted by Crippen LogP contribution is -2.34. The highest BCUT2D eigenvalue weighted by Crippen LogP contribution is 2.58. The summed E-state index contributed by atoms with van der Waals surface area (Å²) in [6, 6.07) is 8.38. The number of halogens is 6. The summed E-state index contributed by atoms with van der Waals surface area (Å²) in [5, 5.41) is 0. The number of hydrogen-bond donors (Lipinski definition) is 0. The van der Waals surface area contributed by atoms with E-state index >= 15 is 0 Å². The highest BCUT2D eigenvalue weighted by Gasteiger charge is 2.46. The minimum atomic E-state index is -0.227. The maximum absolute atomic E-state index is 3.80. The Bertz CT molecular complexity index is 491. The zero-order chi connectivity index (χ0) is 13.6. The summed E-state index contributed by atoms with van der Waals surface area (Å²) in [7, 11) is 0. The molecule has 0 bridgehead atoms. The van der Waals surface area contributed by atoms with Crippen molar-refractivity contribution in [3.63, 3.8) is 0 Å². The Morgan fingerprint density at radius 2 is 1.72 bits per heavy atom. The molecule has 0 saturated carbocycles. The number of benzene rings is 1. The van der Waals surface area contributed by atoms with Crippen molar-refractivity contribution in [1.82, 2.24) is 0 Å². The molecule has 1 aromatic carbocycles. The van der Waals surface area contributed by atoms with Gasteiger partial charge in [-0.1, -0.05) is 114 Å². The van der Waals surface area contributed by atoms with Gasteiger partial charge in [-0.25, -0.2) is 0 Å². The van der Waals surface area contributed by atoms with Crippen LogP contribution in [0.2, 0.25) is 0 Å². The molecular weight excluding hydrogens is 624 g/mol. The minimum absolute atomic E-state index is 0.189. The van der Waals surface area contributed by atoms with E-state index in [0.29, 0.717) is 0 Å². The van der Waals surface area contributed by atoms with E-state index in [9.17, 15) is 0 Å². The molecule has 0 aromatic heterocycles. The molecule has 0 saturated heterocycles. The van der Waals surface area contributed by atoms with Crippen molar-refractivity contribution in [2.45, 2.75) is 18.8 Å². The highest BCUT2D eigenvalue weighted by atomic mass is 79.9. The largest absolute Gasteiger partial charge is 0.114 e. The molecule has 1 aliphatic carbocycles. The third-order valence-electron chi connectivity index (χ3n) is 2.78. The van der Waals surface area contributed by atoms with Gasteiger partial charge < -0.3 is 0 Å². The van der Waals surface area contributed by atoms with Crippen molar-refractivity contribution in [2.24, 2.45) is 0 Å². The maximum Gasteiger partial charge on any atom is 0.114 e. The zero-order valence-electron chi connectivity index (χ0n) is 8.94. The first-order chi connectivity index (χ1) is 8.22.